The van der Waals surface area contributed by atoms with E-state index >= 15 is 0 Å². The van der Waals surface area contributed by atoms with E-state index in [4.69, 9.17) is 5.73 Å². The van der Waals surface area contributed by atoms with Gasteiger partial charge in [-0.1, -0.05) is 30.2 Å². The van der Waals surface area contributed by atoms with Gasteiger partial charge in [0.05, 0.1) is 12.1 Å². The van der Waals surface area contributed by atoms with Crippen molar-refractivity contribution < 1.29 is 4.79 Å². The van der Waals surface area contributed by atoms with E-state index in [1.165, 1.54) is 5.56 Å². The van der Waals surface area contributed by atoms with Gasteiger partial charge >= 0.3 is 0 Å². The van der Waals surface area contributed by atoms with E-state index in [0.717, 1.165) is 35.5 Å². The van der Waals surface area contributed by atoms with Gasteiger partial charge in [0.15, 0.2) is 0 Å². The maximum Gasteiger partial charge on any atom is 0.226 e. The van der Waals surface area contributed by atoms with Gasteiger partial charge in [-0.25, -0.2) is 4.98 Å². The Balaban J connectivity index is 1.61. The number of rotatable bonds is 5. The second kappa shape index (κ2) is 7.23. The van der Waals surface area contributed by atoms with Gasteiger partial charge in [-0.3, -0.25) is 4.79 Å². The van der Waals surface area contributed by atoms with E-state index in [2.05, 4.69) is 35.4 Å². The van der Waals surface area contributed by atoms with Crippen LogP contribution in [0.2, 0.25) is 0 Å². The third-order valence-corrected chi connectivity index (χ3v) is 5.41. The lowest BCUT2D eigenvalue weighted by Gasteiger charge is -2.19. The molecule has 1 aromatic carbocycles. The lowest BCUT2D eigenvalue weighted by molar-refractivity contribution is -0.121. The van der Waals surface area contributed by atoms with Crippen LogP contribution in [0.15, 0.2) is 29.6 Å². The Morgan fingerprint density at radius 1 is 1.43 bits per heavy atom. The Morgan fingerprint density at radius 3 is 3.09 bits per heavy atom. The minimum atomic E-state index is 0.0523. The molecule has 4 nitrogen and oxygen atoms in total. The van der Waals surface area contributed by atoms with Crippen LogP contribution in [0, 0.1) is 12.8 Å². The number of benzene rings is 1. The minimum absolute atomic E-state index is 0.0523. The van der Waals surface area contributed by atoms with Gasteiger partial charge in [-0.15, -0.1) is 11.3 Å². The van der Waals surface area contributed by atoms with Crippen LogP contribution in [-0.2, 0) is 11.2 Å². The van der Waals surface area contributed by atoms with Gasteiger partial charge in [0, 0.05) is 17.0 Å². The average Bonchev–Trinajstić information content (AvgIpc) is 3.16. The maximum absolute atomic E-state index is 12.2. The Labute approximate surface area is 141 Å². The summed E-state index contributed by atoms with van der Waals surface area (Å²) in [5.74, 6) is 0.480. The molecule has 1 aliphatic carbocycles. The predicted molar refractivity (Wildman–Crippen MR) is 94.3 cm³/mol. The van der Waals surface area contributed by atoms with E-state index in [0.29, 0.717) is 18.9 Å². The number of amides is 1. The largest absolute Gasteiger partial charge is 0.353 e. The molecule has 0 bridgehead atoms. The lowest BCUT2D eigenvalue weighted by Crippen LogP contribution is -2.40. The lowest BCUT2D eigenvalue weighted by atomic mass is 10.0. The van der Waals surface area contributed by atoms with Crippen molar-refractivity contribution in [2.45, 2.75) is 38.6 Å². The molecule has 1 heterocycles. The number of nitrogens with two attached hydrogens (primary N) is 1. The second-order valence-corrected chi connectivity index (χ2v) is 7.15. The predicted octanol–water partition coefficient (Wildman–Crippen LogP) is 2.90. The van der Waals surface area contributed by atoms with Gasteiger partial charge in [-0.05, 0) is 38.3 Å². The fourth-order valence-electron chi connectivity index (χ4n) is 3.23. The number of nitrogens with one attached hydrogen (secondary N) is 1. The first-order valence-electron chi connectivity index (χ1n) is 8.16. The second-order valence-electron chi connectivity index (χ2n) is 6.29. The van der Waals surface area contributed by atoms with Gasteiger partial charge in [0.1, 0.15) is 5.01 Å². The number of hydrogen-bond acceptors (Lipinski definition) is 4. The normalized spacial score (nSPS) is 20.6. The molecule has 1 amide bonds. The summed E-state index contributed by atoms with van der Waals surface area (Å²) in [6.07, 6.45) is 3.66. The third kappa shape index (κ3) is 3.98. The van der Waals surface area contributed by atoms with Crippen LogP contribution in [0.3, 0.4) is 0 Å². The molecular formula is C18H23N3OS. The van der Waals surface area contributed by atoms with E-state index in [1.54, 1.807) is 11.3 Å². The topological polar surface area (TPSA) is 68.0 Å². The van der Waals surface area contributed by atoms with Crippen molar-refractivity contribution in [2.75, 3.05) is 6.54 Å². The number of thiazole rings is 1. The number of carbonyl (C=O) groups excluding carboxylic acids is 1. The summed E-state index contributed by atoms with van der Waals surface area (Å²) in [6.45, 7) is 2.72. The minimum Gasteiger partial charge on any atom is -0.353 e. The number of aryl methyl sites for hydroxylation is 1. The first kappa shape index (κ1) is 16.1. The summed E-state index contributed by atoms with van der Waals surface area (Å²) in [7, 11) is 0. The van der Waals surface area contributed by atoms with Crippen molar-refractivity contribution in [3.8, 4) is 10.6 Å². The molecule has 2 unspecified atom stereocenters. The van der Waals surface area contributed by atoms with E-state index in [1.807, 2.05) is 11.4 Å². The molecule has 2 atom stereocenters. The summed E-state index contributed by atoms with van der Waals surface area (Å²) in [4.78, 5) is 16.9. The highest BCUT2D eigenvalue weighted by molar-refractivity contribution is 7.13. The highest BCUT2D eigenvalue weighted by atomic mass is 32.1. The summed E-state index contributed by atoms with van der Waals surface area (Å²) in [5, 5.41) is 6.08. The molecule has 1 aliphatic rings. The van der Waals surface area contributed by atoms with Crippen LogP contribution in [-0.4, -0.2) is 23.5 Å². The Kier molecular flexibility index (Phi) is 5.08. The molecule has 3 N–H and O–H groups in total. The summed E-state index contributed by atoms with van der Waals surface area (Å²) < 4.78 is 0. The molecule has 5 heteroatoms. The Bertz CT molecular complexity index is 682. The van der Waals surface area contributed by atoms with Gasteiger partial charge in [-0.2, -0.15) is 0 Å². The number of nitrogens with zero attached hydrogens (tertiary/aromatic N) is 1. The van der Waals surface area contributed by atoms with Crippen LogP contribution in [0.5, 0.6) is 0 Å². The first-order valence-corrected chi connectivity index (χ1v) is 9.04. The molecule has 0 radical (unpaired) electrons. The zero-order chi connectivity index (χ0) is 16.2. The number of hydrogen-bond donors (Lipinski definition) is 2. The molecular weight excluding hydrogens is 306 g/mol. The maximum atomic E-state index is 12.2. The van der Waals surface area contributed by atoms with E-state index in [9.17, 15) is 4.79 Å². The molecule has 122 valence electrons. The van der Waals surface area contributed by atoms with E-state index in [-0.39, 0.29) is 11.9 Å². The molecule has 0 aliphatic heterocycles. The van der Waals surface area contributed by atoms with Crippen LogP contribution in [0.25, 0.3) is 10.6 Å². The average molecular weight is 329 g/mol. The van der Waals surface area contributed by atoms with E-state index < -0.39 is 0 Å². The smallest absolute Gasteiger partial charge is 0.226 e. The van der Waals surface area contributed by atoms with Crippen LogP contribution >= 0.6 is 11.3 Å². The van der Waals surface area contributed by atoms with Crippen LogP contribution < -0.4 is 11.1 Å². The van der Waals surface area contributed by atoms with Crippen molar-refractivity contribution in [3.63, 3.8) is 0 Å². The van der Waals surface area contributed by atoms with Gasteiger partial charge in [0.2, 0.25) is 5.91 Å². The van der Waals surface area contributed by atoms with Crippen molar-refractivity contribution in [3.05, 3.63) is 40.9 Å². The number of aromatic nitrogens is 1. The molecule has 23 heavy (non-hydrogen) atoms. The van der Waals surface area contributed by atoms with Crippen molar-refractivity contribution in [2.24, 2.45) is 11.7 Å². The molecule has 1 fully saturated rings. The van der Waals surface area contributed by atoms with Gasteiger partial charge in [0.25, 0.3) is 0 Å². The zero-order valence-corrected chi connectivity index (χ0v) is 14.2. The standard InChI is InChI=1S/C18H23N3OS/c1-12-4-2-5-13(8-12)18-20-15(11-23-18)9-17(22)21-16-7-3-6-14(16)10-19/h2,4-5,8,11,14,16H,3,6-7,9-10,19H2,1H3,(H,21,22). The van der Waals surface area contributed by atoms with Crippen LogP contribution in [0.4, 0.5) is 0 Å². The fraction of sp³-hybridized carbons (Fsp3) is 0.444. The fourth-order valence-corrected chi connectivity index (χ4v) is 4.05. The number of carbonyl (C=O) groups is 1. The highest BCUT2D eigenvalue weighted by Gasteiger charge is 2.27. The SMILES string of the molecule is Cc1cccc(-c2nc(CC(=O)NC3CCCC3CN)cs2)c1. The molecule has 2 aromatic rings. The molecule has 1 saturated carbocycles. The Hall–Kier alpha value is -1.72. The summed E-state index contributed by atoms with van der Waals surface area (Å²) >= 11 is 1.59. The quantitative estimate of drug-likeness (QED) is 0.886. The van der Waals surface area contributed by atoms with Crippen molar-refractivity contribution >= 4 is 17.2 Å². The highest BCUT2D eigenvalue weighted by Crippen LogP contribution is 2.26. The molecule has 0 saturated heterocycles. The summed E-state index contributed by atoms with van der Waals surface area (Å²) in [5.41, 5.74) is 8.94. The van der Waals surface area contributed by atoms with Crippen molar-refractivity contribution in [1.82, 2.24) is 10.3 Å². The summed E-state index contributed by atoms with van der Waals surface area (Å²) in [6, 6.07) is 8.52. The first-order chi connectivity index (χ1) is 11.2. The van der Waals surface area contributed by atoms with Gasteiger partial charge < -0.3 is 11.1 Å². The van der Waals surface area contributed by atoms with Crippen molar-refractivity contribution in [1.29, 1.82) is 0 Å². The Morgan fingerprint density at radius 2 is 2.30 bits per heavy atom. The third-order valence-electron chi connectivity index (χ3n) is 4.47. The van der Waals surface area contributed by atoms with Crippen LogP contribution in [0.1, 0.15) is 30.5 Å². The molecule has 0 spiro atoms. The zero-order valence-electron chi connectivity index (χ0n) is 13.4. The molecule has 3 rings (SSSR count). The molecule has 1 aromatic heterocycles. The monoisotopic (exact) mass is 329 g/mol.